The predicted molar refractivity (Wildman–Crippen MR) is 93.7 cm³/mol. The molecule has 1 aliphatic carbocycles. The molecule has 1 nitrogen and oxygen atoms in total. The standard InChI is InChI=1S/C21H22F4O/c1-21(24,25)16-9-7-14(8-10-16)13-3-5-15(6-4-13)17-11-12-18(26-2)20(23)19(17)22/h3-6,11-12,14,16H,7-10H2,1-2H3. The lowest BCUT2D eigenvalue weighted by Crippen LogP contribution is -2.28. The number of methoxy groups -OCH3 is 1. The van der Waals surface area contributed by atoms with E-state index in [9.17, 15) is 17.6 Å². The Bertz CT molecular complexity index is 757. The average Bonchev–Trinajstić information content (AvgIpc) is 2.63. The fourth-order valence-corrected chi connectivity index (χ4v) is 3.78. The van der Waals surface area contributed by atoms with Gasteiger partial charge in [-0.05, 0) is 61.8 Å². The van der Waals surface area contributed by atoms with Crippen molar-refractivity contribution in [2.75, 3.05) is 7.11 Å². The van der Waals surface area contributed by atoms with Gasteiger partial charge in [-0.15, -0.1) is 0 Å². The van der Waals surface area contributed by atoms with Crippen molar-refractivity contribution in [3.63, 3.8) is 0 Å². The van der Waals surface area contributed by atoms with Crippen molar-refractivity contribution >= 4 is 0 Å². The highest BCUT2D eigenvalue weighted by Crippen LogP contribution is 2.42. The monoisotopic (exact) mass is 366 g/mol. The maximum Gasteiger partial charge on any atom is 0.248 e. The van der Waals surface area contributed by atoms with Gasteiger partial charge in [0, 0.05) is 11.5 Å². The summed E-state index contributed by atoms with van der Waals surface area (Å²) in [5, 5.41) is 0. The highest BCUT2D eigenvalue weighted by Gasteiger charge is 2.37. The third-order valence-corrected chi connectivity index (χ3v) is 5.40. The lowest BCUT2D eigenvalue weighted by atomic mass is 9.76. The number of halogens is 4. The fraction of sp³-hybridized carbons (Fsp3) is 0.429. The summed E-state index contributed by atoms with van der Waals surface area (Å²) in [7, 11) is 1.29. The van der Waals surface area contributed by atoms with E-state index in [0.717, 1.165) is 25.3 Å². The lowest BCUT2D eigenvalue weighted by molar-refractivity contribution is -0.0546. The SMILES string of the molecule is COc1ccc(-c2ccc(C3CCC(C(C)(F)F)CC3)cc2)c(F)c1F. The Labute approximate surface area is 151 Å². The van der Waals surface area contributed by atoms with Gasteiger partial charge in [-0.1, -0.05) is 24.3 Å². The average molecular weight is 366 g/mol. The Kier molecular flexibility index (Phi) is 5.26. The van der Waals surface area contributed by atoms with Crippen LogP contribution in [0.4, 0.5) is 17.6 Å². The molecule has 1 fully saturated rings. The minimum atomic E-state index is -2.62. The van der Waals surface area contributed by atoms with Gasteiger partial charge >= 0.3 is 0 Å². The summed E-state index contributed by atoms with van der Waals surface area (Å²) < 4.78 is 59.7. The van der Waals surface area contributed by atoms with Gasteiger partial charge in [-0.3, -0.25) is 0 Å². The highest BCUT2D eigenvalue weighted by atomic mass is 19.3. The first-order valence-corrected chi connectivity index (χ1v) is 8.81. The van der Waals surface area contributed by atoms with Gasteiger partial charge in [0.2, 0.25) is 11.7 Å². The number of hydrogen-bond acceptors (Lipinski definition) is 1. The molecule has 5 heteroatoms. The molecular formula is C21H22F4O. The number of rotatable bonds is 4. The van der Waals surface area contributed by atoms with Crippen LogP contribution in [0.2, 0.25) is 0 Å². The Balaban J connectivity index is 1.75. The molecule has 0 radical (unpaired) electrons. The van der Waals surface area contributed by atoms with Crippen molar-refractivity contribution in [1.82, 2.24) is 0 Å². The zero-order valence-electron chi connectivity index (χ0n) is 14.9. The number of benzene rings is 2. The quantitative estimate of drug-likeness (QED) is 0.556. The summed E-state index contributed by atoms with van der Waals surface area (Å²) in [5.41, 5.74) is 1.80. The van der Waals surface area contributed by atoms with Crippen LogP contribution in [0.1, 0.15) is 44.1 Å². The number of hydrogen-bond donors (Lipinski definition) is 0. The van der Waals surface area contributed by atoms with E-state index in [1.165, 1.54) is 19.2 Å². The molecular weight excluding hydrogens is 344 g/mol. The third-order valence-electron chi connectivity index (χ3n) is 5.40. The van der Waals surface area contributed by atoms with E-state index < -0.39 is 23.5 Å². The minimum absolute atomic E-state index is 0.132. The van der Waals surface area contributed by atoms with Crippen molar-refractivity contribution in [2.45, 2.75) is 44.4 Å². The van der Waals surface area contributed by atoms with E-state index in [-0.39, 0.29) is 17.2 Å². The Hall–Kier alpha value is -2.04. The normalized spacial score (nSPS) is 20.8. The maximum absolute atomic E-state index is 14.2. The van der Waals surface area contributed by atoms with Gasteiger partial charge in [0.1, 0.15) is 0 Å². The molecule has 0 unspecified atom stereocenters. The molecule has 1 saturated carbocycles. The smallest absolute Gasteiger partial charge is 0.248 e. The van der Waals surface area contributed by atoms with Gasteiger partial charge in [0.05, 0.1) is 7.11 Å². The van der Waals surface area contributed by atoms with Crippen LogP contribution in [0.25, 0.3) is 11.1 Å². The summed E-state index contributed by atoms with van der Waals surface area (Å²) in [6.07, 6.45) is 2.46. The second-order valence-electron chi connectivity index (χ2n) is 7.07. The van der Waals surface area contributed by atoms with E-state index in [1.54, 1.807) is 12.1 Å². The summed E-state index contributed by atoms with van der Waals surface area (Å²) in [5.74, 6) is -5.01. The second kappa shape index (κ2) is 7.29. The first-order chi connectivity index (χ1) is 12.3. The van der Waals surface area contributed by atoms with Crippen LogP contribution < -0.4 is 4.74 Å². The molecule has 0 aliphatic heterocycles. The van der Waals surface area contributed by atoms with E-state index in [2.05, 4.69) is 0 Å². The molecule has 0 heterocycles. The number of alkyl halides is 2. The molecule has 0 saturated heterocycles. The Morgan fingerprint density at radius 2 is 1.50 bits per heavy atom. The third kappa shape index (κ3) is 3.71. The van der Waals surface area contributed by atoms with Crippen molar-refractivity contribution in [1.29, 1.82) is 0 Å². The molecule has 26 heavy (non-hydrogen) atoms. The Morgan fingerprint density at radius 1 is 0.885 bits per heavy atom. The van der Waals surface area contributed by atoms with E-state index >= 15 is 0 Å². The molecule has 2 aromatic rings. The van der Waals surface area contributed by atoms with Gasteiger partial charge in [0.15, 0.2) is 11.6 Å². The van der Waals surface area contributed by atoms with Gasteiger partial charge in [0.25, 0.3) is 0 Å². The second-order valence-corrected chi connectivity index (χ2v) is 7.07. The van der Waals surface area contributed by atoms with Crippen LogP contribution in [0.5, 0.6) is 5.75 Å². The number of ether oxygens (including phenoxy) is 1. The fourth-order valence-electron chi connectivity index (χ4n) is 3.78. The first kappa shape index (κ1) is 18.7. The van der Waals surface area contributed by atoms with Crippen molar-refractivity contribution in [3.05, 3.63) is 53.6 Å². The van der Waals surface area contributed by atoms with Crippen LogP contribution in [-0.2, 0) is 0 Å². The zero-order valence-corrected chi connectivity index (χ0v) is 14.9. The molecule has 0 atom stereocenters. The van der Waals surface area contributed by atoms with Crippen molar-refractivity contribution in [2.24, 2.45) is 5.92 Å². The lowest BCUT2D eigenvalue weighted by Gasteiger charge is -2.32. The first-order valence-electron chi connectivity index (χ1n) is 8.81. The summed E-state index contributed by atoms with van der Waals surface area (Å²) in [6, 6.07) is 10.1. The molecule has 140 valence electrons. The van der Waals surface area contributed by atoms with Gasteiger partial charge in [-0.2, -0.15) is 4.39 Å². The summed E-state index contributed by atoms with van der Waals surface area (Å²) in [4.78, 5) is 0. The van der Waals surface area contributed by atoms with Crippen LogP contribution in [0, 0.1) is 17.6 Å². The van der Waals surface area contributed by atoms with Crippen molar-refractivity contribution in [3.8, 4) is 16.9 Å². The molecule has 1 aliphatic rings. The minimum Gasteiger partial charge on any atom is -0.494 e. The highest BCUT2D eigenvalue weighted by molar-refractivity contribution is 5.65. The van der Waals surface area contributed by atoms with Crippen LogP contribution in [-0.4, -0.2) is 13.0 Å². The molecule has 0 aromatic heterocycles. The van der Waals surface area contributed by atoms with Gasteiger partial charge < -0.3 is 4.74 Å². The maximum atomic E-state index is 14.2. The predicted octanol–water partition coefficient (Wildman–Crippen LogP) is 6.57. The molecule has 0 amide bonds. The van der Waals surface area contributed by atoms with Crippen LogP contribution in [0.3, 0.4) is 0 Å². The van der Waals surface area contributed by atoms with Crippen molar-refractivity contribution < 1.29 is 22.3 Å². The zero-order chi connectivity index (χ0) is 18.9. The van der Waals surface area contributed by atoms with E-state index in [4.69, 9.17) is 4.74 Å². The molecule has 0 spiro atoms. The summed E-state index contributed by atoms with van der Waals surface area (Å²) in [6.45, 7) is 0.995. The molecule has 2 aromatic carbocycles. The molecule has 0 bridgehead atoms. The van der Waals surface area contributed by atoms with E-state index in [1.807, 2.05) is 12.1 Å². The van der Waals surface area contributed by atoms with Crippen LogP contribution in [0.15, 0.2) is 36.4 Å². The van der Waals surface area contributed by atoms with Crippen LogP contribution >= 0.6 is 0 Å². The summed E-state index contributed by atoms with van der Waals surface area (Å²) >= 11 is 0. The topological polar surface area (TPSA) is 9.23 Å². The van der Waals surface area contributed by atoms with E-state index in [0.29, 0.717) is 18.4 Å². The molecule has 0 N–H and O–H groups in total. The van der Waals surface area contributed by atoms with Gasteiger partial charge in [-0.25, -0.2) is 13.2 Å². The Morgan fingerprint density at radius 3 is 2.04 bits per heavy atom. The largest absolute Gasteiger partial charge is 0.494 e. The molecule has 3 rings (SSSR count).